The van der Waals surface area contributed by atoms with E-state index in [1.807, 2.05) is 0 Å². The van der Waals surface area contributed by atoms with Crippen molar-refractivity contribution in [2.75, 3.05) is 6.54 Å². The Kier molecular flexibility index (Phi) is 1.92. The molecule has 0 radical (unpaired) electrons. The van der Waals surface area contributed by atoms with E-state index < -0.39 is 0 Å². The third-order valence-electron chi connectivity index (χ3n) is 1.47. The van der Waals surface area contributed by atoms with Gasteiger partial charge in [0.2, 0.25) is 0 Å². The first-order chi connectivity index (χ1) is 3.30. The summed E-state index contributed by atoms with van der Waals surface area (Å²) >= 11 is 2.39. The molecule has 2 heteroatoms. The molecule has 1 rings (SSSR count). The van der Waals surface area contributed by atoms with Crippen LogP contribution in [0.3, 0.4) is 0 Å². The van der Waals surface area contributed by atoms with Crippen molar-refractivity contribution in [3.63, 3.8) is 0 Å². The van der Waals surface area contributed by atoms with Gasteiger partial charge in [0.1, 0.15) is 0 Å². The van der Waals surface area contributed by atoms with E-state index in [0.717, 1.165) is 6.04 Å². The summed E-state index contributed by atoms with van der Waals surface area (Å²) in [5.41, 5.74) is 0. The van der Waals surface area contributed by atoms with Crippen molar-refractivity contribution in [1.29, 1.82) is 0 Å². The zero-order valence-electron chi connectivity index (χ0n) is 4.52. The monoisotopic (exact) mass is 211 g/mol. The fourth-order valence-corrected chi connectivity index (χ4v) is 1.52. The van der Waals surface area contributed by atoms with Crippen LogP contribution in [0.25, 0.3) is 0 Å². The zero-order valence-corrected chi connectivity index (χ0v) is 6.68. The molecular weight excluding hydrogens is 201 g/mol. The number of rotatable bonds is 0. The van der Waals surface area contributed by atoms with E-state index in [0.29, 0.717) is 0 Å². The molecule has 1 saturated heterocycles. The molecule has 0 saturated carbocycles. The van der Waals surface area contributed by atoms with Gasteiger partial charge < -0.3 is 0 Å². The summed E-state index contributed by atoms with van der Waals surface area (Å²) in [5, 5.41) is 0. The number of hydrogen-bond donors (Lipinski definition) is 0. The molecule has 0 aromatic heterocycles. The Labute approximate surface area is 58.6 Å². The Morgan fingerprint density at radius 3 is 2.57 bits per heavy atom. The first-order valence-electron chi connectivity index (χ1n) is 2.73. The van der Waals surface area contributed by atoms with E-state index in [-0.39, 0.29) is 0 Å². The second-order valence-corrected chi connectivity index (χ2v) is 3.35. The summed E-state index contributed by atoms with van der Waals surface area (Å²) in [6.45, 7) is 3.57. The van der Waals surface area contributed by atoms with Crippen molar-refractivity contribution in [3.8, 4) is 0 Å². The minimum atomic E-state index is 0.834. The maximum atomic E-state index is 2.39. The molecule has 1 aliphatic heterocycles. The van der Waals surface area contributed by atoms with Crippen molar-refractivity contribution in [1.82, 2.24) is 3.11 Å². The molecule has 0 N–H and O–H groups in total. The molecular formula is C5H10IN. The van der Waals surface area contributed by atoms with Crippen LogP contribution in [0.2, 0.25) is 0 Å². The molecule has 0 unspecified atom stereocenters. The minimum Gasteiger partial charge on any atom is -0.245 e. The highest BCUT2D eigenvalue weighted by Gasteiger charge is 2.16. The molecule has 1 aliphatic rings. The van der Waals surface area contributed by atoms with Crippen molar-refractivity contribution in [2.45, 2.75) is 25.8 Å². The van der Waals surface area contributed by atoms with Crippen LogP contribution in [0.4, 0.5) is 0 Å². The van der Waals surface area contributed by atoms with Gasteiger partial charge in [0.05, 0.1) is 0 Å². The molecule has 0 aliphatic carbocycles. The summed E-state index contributed by atoms with van der Waals surface area (Å²) in [6.07, 6.45) is 2.78. The van der Waals surface area contributed by atoms with Gasteiger partial charge in [-0.05, 0) is 19.8 Å². The van der Waals surface area contributed by atoms with E-state index in [9.17, 15) is 0 Å². The molecule has 42 valence electrons. The molecule has 1 heterocycles. The normalized spacial score (nSPS) is 34.3. The molecule has 7 heavy (non-hydrogen) atoms. The Balaban J connectivity index is 2.33. The van der Waals surface area contributed by atoms with Crippen molar-refractivity contribution in [3.05, 3.63) is 0 Å². The zero-order chi connectivity index (χ0) is 5.28. The van der Waals surface area contributed by atoms with Crippen molar-refractivity contribution < 1.29 is 0 Å². The van der Waals surface area contributed by atoms with E-state index in [1.54, 1.807) is 0 Å². The predicted octanol–water partition coefficient (Wildman–Crippen LogP) is 1.82. The molecule has 1 fully saturated rings. The van der Waals surface area contributed by atoms with Gasteiger partial charge in [0.25, 0.3) is 0 Å². The van der Waals surface area contributed by atoms with E-state index in [1.165, 1.54) is 19.4 Å². The fourth-order valence-electron chi connectivity index (χ4n) is 0.898. The number of halogens is 1. The average molecular weight is 211 g/mol. The molecule has 1 nitrogen and oxygen atoms in total. The lowest BCUT2D eigenvalue weighted by atomic mass is 10.3. The van der Waals surface area contributed by atoms with Gasteiger partial charge in [0, 0.05) is 35.5 Å². The topological polar surface area (TPSA) is 3.24 Å². The van der Waals surface area contributed by atoms with E-state index in [2.05, 4.69) is 32.9 Å². The minimum absolute atomic E-state index is 0.834. The van der Waals surface area contributed by atoms with Crippen molar-refractivity contribution in [2.24, 2.45) is 0 Å². The van der Waals surface area contributed by atoms with E-state index in [4.69, 9.17) is 0 Å². The van der Waals surface area contributed by atoms with Gasteiger partial charge >= 0.3 is 0 Å². The van der Waals surface area contributed by atoms with Gasteiger partial charge in [-0.2, -0.15) is 0 Å². The first-order valence-corrected chi connectivity index (χ1v) is 3.69. The van der Waals surface area contributed by atoms with Gasteiger partial charge in [-0.25, -0.2) is 3.11 Å². The van der Waals surface area contributed by atoms with Crippen LogP contribution >= 0.6 is 22.9 Å². The second kappa shape index (κ2) is 2.31. The maximum Gasteiger partial charge on any atom is 0.0204 e. The van der Waals surface area contributed by atoms with Gasteiger partial charge in [0.15, 0.2) is 0 Å². The third-order valence-corrected chi connectivity index (χ3v) is 2.91. The van der Waals surface area contributed by atoms with Crippen LogP contribution < -0.4 is 0 Å². The second-order valence-electron chi connectivity index (χ2n) is 2.11. The molecule has 0 spiro atoms. The first kappa shape index (κ1) is 5.82. The SMILES string of the molecule is C[C@H]1CCCN1I. The predicted molar refractivity (Wildman–Crippen MR) is 39.4 cm³/mol. The summed E-state index contributed by atoms with van der Waals surface area (Å²) in [4.78, 5) is 0. The lowest BCUT2D eigenvalue weighted by molar-refractivity contribution is 0.505. The lowest BCUT2D eigenvalue weighted by Gasteiger charge is -2.09. The Morgan fingerprint density at radius 2 is 2.43 bits per heavy atom. The lowest BCUT2D eigenvalue weighted by Crippen LogP contribution is -2.13. The quantitative estimate of drug-likeness (QED) is 0.436. The summed E-state index contributed by atoms with van der Waals surface area (Å²) in [7, 11) is 0. The number of nitrogens with zero attached hydrogens (tertiary/aromatic N) is 1. The fraction of sp³-hybridized carbons (Fsp3) is 1.00. The molecule has 0 aromatic rings. The van der Waals surface area contributed by atoms with Crippen molar-refractivity contribution >= 4 is 22.9 Å². The van der Waals surface area contributed by atoms with E-state index >= 15 is 0 Å². The van der Waals surface area contributed by atoms with Gasteiger partial charge in [-0.1, -0.05) is 0 Å². The van der Waals surface area contributed by atoms with Crippen LogP contribution in [0.15, 0.2) is 0 Å². The maximum absolute atomic E-state index is 2.39. The largest absolute Gasteiger partial charge is 0.245 e. The van der Waals surface area contributed by atoms with Crippen LogP contribution in [0.1, 0.15) is 19.8 Å². The highest BCUT2D eigenvalue weighted by atomic mass is 127. The summed E-state index contributed by atoms with van der Waals surface area (Å²) in [6, 6.07) is 0.834. The Morgan fingerprint density at radius 1 is 1.71 bits per heavy atom. The number of hydrogen-bond acceptors (Lipinski definition) is 1. The molecule has 0 aromatic carbocycles. The Hall–Kier alpha value is 0.690. The molecule has 0 amide bonds. The van der Waals surface area contributed by atoms with Gasteiger partial charge in [-0.3, -0.25) is 0 Å². The summed E-state index contributed by atoms with van der Waals surface area (Å²) < 4.78 is 2.37. The van der Waals surface area contributed by atoms with Gasteiger partial charge in [-0.15, -0.1) is 0 Å². The third kappa shape index (κ3) is 1.29. The smallest absolute Gasteiger partial charge is 0.0204 e. The van der Waals surface area contributed by atoms with Crippen LogP contribution in [-0.2, 0) is 0 Å². The summed E-state index contributed by atoms with van der Waals surface area (Å²) in [5.74, 6) is 0. The highest BCUT2D eigenvalue weighted by Crippen LogP contribution is 2.19. The average Bonchev–Trinajstić information content (AvgIpc) is 1.91. The standard InChI is InChI=1S/C5H10IN/c1-5-3-2-4-7(5)6/h5H,2-4H2,1H3/t5-/m0/s1. The molecule has 1 atom stereocenters. The van der Waals surface area contributed by atoms with Crippen LogP contribution in [-0.4, -0.2) is 15.7 Å². The van der Waals surface area contributed by atoms with Crippen LogP contribution in [0.5, 0.6) is 0 Å². The Bertz CT molecular complexity index is 57.1. The molecule has 0 bridgehead atoms. The van der Waals surface area contributed by atoms with Crippen LogP contribution in [0, 0.1) is 0 Å². The highest BCUT2D eigenvalue weighted by molar-refractivity contribution is 14.1.